The Morgan fingerprint density at radius 3 is 2.42 bits per heavy atom. The first-order valence-corrected chi connectivity index (χ1v) is 14.5. The number of nitriles is 1. The first-order chi connectivity index (χ1) is 20.9. The van der Waals surface area contributed by atoms with Crippen LogP contribution in [0.2, 0.25) is 0 Å². The minimum absolute atomic E-state index is 0.0622. The Morgan fingerprint density at radius 2 is 1.65 bits per heavy atom. The maximum Gasteiger partial charge on any atom is 0.216 e. The zero-order valence-corrected chi connectivity index (χ0v) is 26.0. The van der Waals surface area contributed by atoms with Crippen LogP contribution in [0.3, 0.4) is 0 Å². The molecule has 0 aliphatic heterocycles. The first-order valence-electron chi connectivity index (χ1n) is 13.7. The Hall–Kier alpha value is -4.52. The molecule has 0 radical (unpaired) electrons. The molecule has 0 aliphatic carbocycles. The van der Waals surface area contributed by atoms with E-state index in [0.717, 1.165) is 32.3 Å². The number of methoxy groups -OCH3 is 2. The number of nitrogens with zero attached hydrogens (tertiary/aromatic N) is 1. The minimum atomic E-state index is -0.0622. The van der Waals surface area contributed by atoms with Gasteiger partial charge >= 0.3 is 0 Å². The van der Waals surface area contributed by atoms with E-state index < -0.39 is 0 Å². The topological polar surface area (TPSA) is 102 Å². The highest BCUT2D eigenvalue weighted by Gasteiger charge is 2.13. The third kappa shape index (κ3) is 8.74. The molecule has 0 spiro atoms. The molecule has 1 amide bonds. The molecular formula is C34H34BrN3O5. The fourth-order valence-corrected chi connectivity index (χ4v) is 5.03. The van der Waals surface area contributed by atoms with Gasteiger partial charge in [-0.25, -0.2) is 0 Å². The van der Waals surface area contributed by atoms with E-state index in [0.29, 0.717) is 61.4 Å². The van der Waals surface area contributed by atoms with E-state index in [2.05, 4.69) is 32.6 Å². The summed E-state index contributed by atoms with van der Waals surface area (Å²) in [4.78, 5) is 11.2. The van der Waals surface area contributed by atoms with Crippen LogP contribution < -0.4 is 29.6 Å². The third-order valence-corrected chi connectivity index (χ3v) is 7.58. The average molecular weight is 645 g/mol. The van der Waals surface area contributed by atoms with Crippen molar-refractivity contribution in [1.29, 1.82) is 5.26 Å². The van der Waals surface area contributed by atoms with E-state index in [1.165, 1.54) is 6.92 Å². The van der Waals surface area contributed by atoms with Crippen molar-refractivity contribution in [2.75, 3.05) is 27.3 Å². The predicted octanol–water partition coefficient (Wildman–Crippen LogP) is 6.39. The van der Waals surface area contributed by atoms with Crippen molar-refractivity contribution >= 4 is 21.8 Å². The van der Waals surface area contributed by atoms with Gasteiger partial charge in [0.15, 0.2) is 11.5 Å². The summed E-state index contributed by atoms with van der Waals surface area (Å²) >= 11 is 3.78. The lowest BCUT2D eigenvalue weighted by Crippen LogP contribution is -2.30. The fraction of sp³-hybridized carbons (Fsp3) is 0.235. The zero-order valence-electron chi connectivity index (χ0n) is 24.4. The van der Waals surface area contributed by atoms with Gasteiger partial charge in [0.1, 0.15) is 24.7 Å². The quantitative estimate of drug-likeness (QED) is 0.154. The lowest BCUT2D eigenvalue weighted by Gasteiger charge is -2.16. The molecule has 9 heteroatoms. The summed E-state index contributed by atoms with van der Waals surface area (Å²) in [5, 5.41) is 15.4. The number of hydrogen-bond donors (Lipinski definition) is 2. The molecule has 0 aromatic heterocycles. The van der Waals surface area contributed by atoms with Crippen molar-refractivity contribution in [1.82, 2.24) is 10.6 Å². The van der Waals surface area contributed by atoms with Gasteiger partial charge in [0, 0.05) is 48.2 Å². The normalized spacial score (nSPS) is 10.5. The van der Waals surface area contributed by atoms with Gasteiger partial charge in [-0.05, 0) is 63.0 Å². The van der Waals surface area contributed by atoms with Crippen molar-refractivity contribution in [3.05, 3.63) is 106 Å². The van der Waals surface area contributed by atoms with Crippen molar-refractivity contribution in [2.24, 2.45) is 0 Å². The van der Waals surface area contributed by atoms with Crippen LogP contribution >= 0.6 is 15.9 Å². The van der Waals surface area contributed by atoms with Crippen LogP contribution in [-0.2, 0) is 24.6 Å². The van der Waals surface area contributed by atoms with Gasteiger partial charge in [0.2, 0.25) is 5.91 Å². The highest BCUT2D eigenvalue weighted by molar-refractivity contribution is 9.10. The van der Waals surface area contributed by atoms with Gasteiger partial charge in [-0.15, -0.1) is 0 Å². The number of halogens is 1. The Labute approximate surface area is 260 Å². The molecule has 2 N–H and O–H groups in total. The van der Waals surface area contributed by atoms with E-state index in [1.807, 2.05) is 72.8 Å². The average Bonchev–Trinajstić information content (AvgIpc) is 3.03. The van der Waals surface area contributed by atoms with Crippen LogP contribution in [0.25, 0.3) is 11.1 Å². The summed E-state index contributed by atoms with van der Waals surface area (Å²) in [6.45, 7) is 3.83. The summed E-state index contributed by atoms with van der Waals surface area (Å²) < 4.78 is 24.3. The number of benzene rings is 4. The van der Waals surface area contributed by atoms with Crippen LogP contribution in [0.4, 0.5) is 0 Å². The number of nitrogens with one attached hydrogen (secondary N) is 2. The summed E-state index contributed by atoms with van der Waals surface area (Å²) in [7, 11) is 3.24. The summed E-state index contributed by atoms with van der Waals surface area (Å²) in [6, 6.07) is 27.2. The van der Waals surface area contributed by atoms with Crippen LogP contribution in [0.1, 0.15) is 29.2 Å². The second kappa shape index (κ2) is 15.6. The lowest BCUT2D eigenvalue weighted by atomic mass is 10.0. The zero-order chi connectivity index (χ0) is 30.6. The molecule has 0 heterocycles. The van der Waals surface area contributed by atoms with Crippen molar-refractivity contribution < 1.29 is 23.7 Å². The number of amides is 1. The van der Waals surface area contributed by atoms with E-state index in [1.54, 1.807) is 20.3 Å². The Bertz CT molecular complexity index is 1600. The molecule has 0 fully saturated rings. The Balaban J connectivity index is 1.50. The molecule has 8 nitrogen and oxygen atoms in total. The van der Waals surface area contributed by atoms with E-state index in [9.17, 15) is 10.1 Å². The van der Waals surface area contributed by atoms with Crippen LogP contribution in [0.5, 0.6) is 23.0 Å². The van der Waals surface area contributed by atoms with E-state index in [-0.39, 0.29) is 5.91 Å². The molecule has 0 bridgehead atoms. The van der Waals surface area contributed by atoms with Gasteiger partial charge < -0.3 is 29.6 Å². The number of rotatable bonds is 14. The molecule has 222 valence electrons. The fourth-order valence-electron chi connectivity index (χ4n) is 4.43. The number of ether oxygens (including phenoxy) is 4. The molecule has 0 saturated heterocycles. The first kappa shape index (κ1) is 31.4. The monoisotopic (exact) mass is 643 g/mol. The van der Waals surface area contributed by atoms with Crippen LogP contribution in [0.15, 0.2) is 83.3 Å². The standard InChI is InChI=1S/C34H34BrN3O5/c1-23(39)38-15-14-37-20-27-10-12-29(18-32(27)43-21-25-7-4-6-24(16-25)19-36)42-22-28-8-5-9-30(34(28)35)26-11-13-31(40-2)33(17-26)41-3/h4-13,16-18,37H,14-15,20-22H2,1-3H3,(H,38,39). The maximum atomic E-state index is 11.2. The van der Waals surface area contributed by atoms with Gasteiger partial charge in [-0.2, -0.15) is 5.26 Å². The Kier molecular flexibility index (Phi) is 11.4. The smallest absolute Gasteiger partial charge is 0.216 e. The number of hydrogen-bond acceptors (Lipinski definition) is 7. The second-order valence-electron chi connectivity index (χ2n) is 9.67. The molecule has 43 heavy (non-hydrogen) atoms. The van der Waals surface area contributed by atoms with Crippen LogP contribution in [-0.4, -0.2) is 33.2 Å². The molecule has 4 aromatic rings. The van der Waals surface area contributed by atoms with Gasteiger partial charge in [-0.1, -0.05) is 42.5 Å². The highest BCUT2D eigenvalue weighted by Crippen LogP contribution is 2.37. The van der Waals surface area contributed by atoms with Crippen LogP contribution in [0, 0.1) is 11.3 Å². The molecule has 0 saturated carbocycles. The predicted molar refractivity (Wildman–Crippen MR) is 169 cm³/mol. The molecule has 0 unspecified atom stereocenters. The highest BCUT2D eigenvalue weighted by atomic mass is 79.9. The Morgan fingerprint density at radius 1 is 0.837 bits per heavy atom. The van der Waals surface area contributed by atoms with E-state index >= 15 is 0 Å². The van der Waals surface area contributed by atoms with E-state index in [4.69, 9.17) is 18.9 Å². The molecular weight excluding hydrogens is 610 g/mol. The van der Waals surface area contributed by atoms with Gasteiger partial charge in [0.25, 0.3) is 0 Å². The summed E-state index contributed by atoms with van der Waals surface area (Å²) in [5.41, 5.74) is 5.39. The number of carbonyl (C=O) groups is 1. The van der Waals surface area contributed by atoms with Gasteiger partial charge in [-0.3, -0.25) is 4.79 Å². The molecule has 4 aromatic carbocycles. The second-order valence-corrected chi connectivity index (χ2v) is 10.5. The molecule has 0 atom stereocenters. The minimum Gasteiger partial charge on any atom is -0.493 e. The van der Waals surface area contributed by atoms with Crippen molar-refractivity contribution in [2.45, 2.75) is 26.7 Å². The number of carbonyl (C=O) groups excluding carboxylic acids is 1. The lowest BCUT2D eigenvalue weighted by molar-refractivity contribution is -0.118. The largest absolute Gasteiger partial charge is 0.493 e. The summed E-state index contributed by atoms with van der Waals surface area (Å²) in [5.74, 6) is 2.60. The molecule has 4 rings (SSSR count). The summed E-state index contributed by atoms with van der Waals surface area (Å²) in [6.07, 6.45) is 0. The van der Waals surface area contributed by atoms with Crippen molar-refractivity contribution in [3.8, 4) is 40.2 Å². The molecule has 0 aliphatic rings. The van der Waals surface area contributed by atoms with Crippen molar-refractivity contribution in [3.63, 3.8) is 0 Å². The van der Waals surface area contributed by atoms with Gasteiger partial charge in [0.05, 0.1) is 25.9 Å². The SMILES string of the molecule is COc1ccc(-c2cccc(COc3ccc(CNCCNC(C)=O)c(OCc4cccc(C#N)c4)c3)c2Br)cc1OC. The third-order valence-electron chi connectivity index (χ3n) is 6.65. The maximum absolute atomic E-state index is 11.2.